The molecule has 0 spiro atoms. The molecule has 0 nitrogen and oxygen atoms in total. The van der Waals surface area contributed by atoms with E-state index in [0.717, 1.165) is 18.2 Å². The lowest BCUT2D eigenvalue weighted by atomic mass is 10.3. The zero-order chi connectivity index (χ0) is 8.69. The Hall–Kier alpha value is 1.31. The largest absolute Gasteiger partial charge is 0.552 e. The molecule has 0 N–H and O–H groups in total. The van der Waals surface area contributed by atoms with E-state index in [0.29, 0.717) is 12.6 Å². The average molecular weight is 391 g/mol. The molecule has 0 amide bonds. The summed E-state index contributed by atoms with van der Waals surface area (Å²) in [6.07, 6.45) is 0. The molecule has 0 saturated heterocycles. The Balaban J connectivity index is 0.000000292. The lowest BCUT2D eigenvalue weighted by Crippen LogP contribution is -1.74. The van der Waals surface area contributed by atoms with E-state index in [-0.39, 0.29) is 0 Å². The topological polar surface area (TPSA) is 0 Å². The first-order chi connectivity index (χ1) is 5.20. The average Bonchev–Trinajstić information content (AvgIpc) is 1.88. The highest BCUT2D eigenvalue weighted by Crippen LogP contribution is 1.98. The predicted octanol–water partition coefficient (Wildman–Crippen LogP) is 3.16. The van der Waals surface area contributed by atoms with Crippen molar-refractivity contribution in [2.24, 2.45) is 0 Å². The molecule has 0 aliphatic carbocycles. The molecule has 57 valence electrons. The van der Waals surface area contributed by atoms with Crippen LogP contribution in [-0.2, 0) is 0 Å². The van der Waals surface area contributed by atoms with E-state index in [1.807, 2.05) is 0 Å². The van der Waals surface area contributed by atoms with Crippen LogP contribution in [0, 0.1) is 17.7 Å². The summed E-state index contributed by atoms with van der Waals surface area (Å²) in [6.45, 7) is 0. The Labute approximate surface area is 93.6 Å². The van der Waals surface area contributed by atoms with E-state index in [1.165, 1.54) is 0 Å². The number of benzene rings is 1. The molecule has 1 aromatic rings. The van der Waals surface area contributed by atoms with Crippen molar-refractivity contribution < 1.29 is 8.78 Å². The van der Waals surface area contributed by atoms with Gasteiger partial charge in [0.05, 0.1) is 0 Å². The van der Waals surface area contributed by atoms with E-state index < -0.39 is 11.6 Å². The van der Waals surface area contributed by atoms with Crippen LogP contribution in [0.1, 0.15) is 0 Å². The van der Waals surface area contributed by atoms with E-state index in [4.69, 9.17) is 0 Å². The van der Waals surface area contributed by atoms with Crippen LogP contribution in [0.25, 0.3) is 0 Å². The second-order valence-electron chi connectivity index (χ2n) is 1.47. The molecule has 5 heteroatoms. The van der Waals surface area contributed by atoms with Crippen molar-refractivity contribution in [3.05, 3.63) is 35.9 Å². The van der Waals surface area contributed by atoms with Gasteiger partial charge < -0.3 is 0 Å². The fourth-order valence-electron chi connectivity index (χ4n) is 0.416. The third-order valence-electron chi connectivity index (χ3n) is 0.718. The summed E-state index contributed by atoms with van der Waals surface area (Å²) in [4.78, 5) is 0. The molecule has 0 fully saturated rings. The molecule has 0 aromatic heterocycles. The third-order valence-corrected chi connectivity index (χ3v) is 0.718. The van der Waals surface area contributed by atoms with Gasteiger partial charge in [-0.3, -0.25) is 37.7 Å². The van der Waals surface area contributed by atoms with Crippen LogP contribution in [0.15, 0.2) is 18.2 Å². The summed E-state index contributed by atoms with van der Waals surface area (Å²) in [6, 6.07) is 5.23. The van der Waals surface area contributed by atoms with Gasteiger partial charge in [-0.1, -0.05) is 0 Å². The highest BCUT2D eigenvalue weighted by atomic mass is 127. The van der Waals surface area contributed by atoms with Crippen LogP contribution in [0.3, 0.4) is 0 Å². The maximum Gasteiger partial charge on any atom is 0.552 e. The van der Waals surface area contributed by atoms with Gasteiger partial charge in [0.1, 0.15) is 11.6 Å². The molecule has 1 radical (unpaired) electrons. The smallest absolute Gasteiger partial charge is 0.276 e. The van der Waals surface area contributed by atoms with Gasteiger partial charge in [-0.2, -0.15) is 0 Å². The maximum atomic E-state index is 11.9. The lowest BCUT2D eigenvalue weighted by molar-refractivity contribution is 0.583. The standard InChI is InChI=1S/C6H3F2.2HI.Mg/c7-5-2-1-3-6(8)4-5;;;/h2-4H;2*1H;/q;;;+2/p-2. The molecule has 0 bridgehead atoms. The van der Waals surface area contributed by atoms with Crippen LogP contribution in [-0.4, -0.2) is 12.6 Å². The molecule has 0 atom stereocenters. The van der Waals surface area contributed by atoms with Gasteiger partial charge in [0.25, 0.3) is 0 Å². The lowest BCUT2D eigenvalue weighted by Gasteiger charge is -1.83. The molecule has 0 saturated carbocycles. The monoisotopic (exact) mass is 391 g/mol. The Bertz CT molecular complexity index is 190. The fourth-order valence-corrected chi connectivity index (χ4v) is 0.416. The Morgan fingerprint density at radius 1 is 1.18 bits per heavy atom. The number of hydrogen-bond donors (Lipinski definition) is 0. The SMILES string of the molecule is Fc1c[c]cc(F)c1.[I][Mg][I]. The predicted molar refractivity (Wildman–Crippen MR) is 59.0 cm³/mol. The minimum atomic E-state index is -0.593. The molecule has 0 heterocycles. The second kappa shape index (κ2) is 7.93. The van der Waals surface area contributed by atoms with Gasteiger partial charge in [0.15, 0.2) is 0 Å². The summed E-state index contributed by atoms with van der Waals surface area (Å²) < 4.78 is 23.8. The molecule has 1 rings (SSSR count). The molecular weight excluding hydrogens is 388 g/mol. The Kier molecular flexibility index (Phi) is 8.87. The van der Waals surface area contributed by atoms with Crippen LogP contribution in [0.5, 0.6) is 0 Å². The minimum Gasteiger partial charge on any atom is -0.276 e. The highest BCUT2D eigenvalue weighted by molar-refractivity contribution is 14.3. The van der Waals surface area contributed by atoms with Crippen LogP contribution in [0.4, 0.5) is 8.78 Å². The summed E-state index contributed by atoms with van der Waals surface area (Å²) >= 11 is 5.18. The Morgan fingerprint density at radius 3 is 1.73 bits per heavy atom. The van der Waals surface area contributed by atoms with E-state index in [1.54, 1.807) is 0 Å². The number of halogens is 4. The van der Waals surface area contributed by atoms with Crippen molar-refractivity contribution in [1.82, 2.24) is 0 Å². The Morgan fingerprint density at radius 2 is 1.55 bits per heavy atom. The van der Waals surface area contributed by atoms with E-state index >= 15 is 0 Å². The van der Waals surface area contributed by atoms with Crippen LogP contribution < -0.4 is 0 Å². The van der Waals surface area contributed by atoms with Gasteiger partial charge in [-0.25, -0.2) is 8.78 Å². The van der Waals surface area contributed by atoms with Crippen molar-refractivity contribution in [1.29, 1.82) is 0 Å². The van der Waals surface area contributed by atoms with Crippen LogP contribution in [0.2, 0.25) is 0 Å². The van der Waals surface area contributed by atoms with Gasteiger partial charge in [-0.15, -0.1) is 0 Å². The van der Waals surface area contributed by atoms with Crippen LogP contribution >= 0.6 is 37.7 Å². The van der Waals surface area contributed by atoms with Gasteiger partial charge in [0.2, 0.25) is 0 Å². The van der Waals surface area contributed by atoms with Gasteiger partial charge >= 0.3 is 12.6 Å². The fraction of sp³-hybridized carbons (Fsp3) is 0. The second-order valence-corrected chi connectivity index (χ2v) is 15.0. The van der Waals surface area contributed by atoms with Gasteiger partial charge in [-0.05, 0) is 18.2 Å². The quantitative estimate of drug-likeness (QED) is 0.471. The summed E-state index contributed by atoms with van der Waals surface area (Å²) in [5, 5.41) is 0. The molecule has 11 heavy (non-hydrogen) atoms. The first-order valence-electron chi connectivity index (χ1n) is 2.64. The summed E-state index contributed by atoms with van der Waals surface area (Å²) in [5.41, 5.74) is 0. The van der Waals surface area contributed by atoms with E-state index in [9.17, 15) is 8.78 Å². The molecule has 0 aliphatic heterocycles. The zero-order valence-corrected chi connectivity index (χ0v) is 11.2. The van der Waals surface area contributed by atoms with Gasteiger partial charge in [0, 0.05) is 6.07 Å². The maximum absolute atomic E-state index is 11.9. The summed E-state index contributed by atoms with van der Waals surface area (Å²) in [5.74, 6) is -1.19. The van der Waals surface area contributed by atoms with Crippen molar-refractivity contribution in [3.8, 4) is 0 Å². The molecule has 0 aliphatic rings. The number of rotatable bonds is 0. The molecule has 1 aromatic carbocycles. The minimum absolute atomic E-state index is 0.357. The third kappa shape index (κ3) is 7.66. The molecule has 0 unspecified atom stereocenters. The van der Waals surface area contributed by atoms with Crippen molar-refractivity contribution in [3.63, 3.8) is 0 Å². The zero-order valence-electron chi connectivity index (χ0n) is 5.45. The van der Waals surface area contributed by atoms with Crippen molar-refractivity contribution >= 4 is 50.3 Å². The normalized spacial score (nSPS) is 7.64. The molecular formula is C6H3F2I2Mg. The first-order valence-corrected chi connectivity index (χ1v) is 12.9. The number of hydrogen-bond acceptors (Lipinski definition) is 0. The summed E-state index contributed by atoms with van der Waals surface area (Å²) in [7, 11) is 0. The first kappa shape index (κ1) is 12.3. The van der Waals surface area contributed by atoms with Crippen molar-refractivity contribution in [2.75, 3.05) is 0 Å². The van der Waals surface area contributed by atoms with E-state index in [2.05, 4.69) is 43.8 Å². The highest BCUT2D eigenvalue weighted by Gasteiger charge is 1.88. The van der Waals surface area contributed by atoms with Crippen molar-refractivity contribution in [2.45, 2.75) is 0 Å².